The molecule has 2 rings (SSSR count). The molecule has 8 nitrogen and oxygen atoms in total. The number of amides is 1. The zero-order valence-electron chi connectivity index (χ0n) is 12.0. The van der Waals surface area contributed by atoms with Crippen molar-refractivity contribution in [1.29, 1.82) is 0 Å². The molecular weight excluding hydrogens is 298 g/mol. The Morgan fingerprint density at radius 2 is 2.19 bits per heavy atom. The summed E-state index contributed by atoms with van der Waals surface area (Å²) >= 11 is 0. The number of carbonyl (C=O) groups is 2. The van der Waals surface area contributed by atoms with Crippen LogP contribution in [0.4, 0.5) is 0 Å². The minimum atomic E-state index is -3.63. The van der Waals surface area contributed by atoms with Crippen molar-refractivity contribution < 1.29 is 23.1 Å². The van der Waals surface area contributed by atoms with Crippen molar-refractivity contribution in [3.63, 3.8) is 0 Å². The Labute approximate surface area is 124 Å². The van der Waals surface area contributed by atoms with E-state index in [1.165, 1.54) is 11.4 Å². The first-order valence-electron chi connectivity index (χ1n) is 7.03. The standard InChI is InChI=1S/C12H21N3O5S/c1-14(6-5-12(17)18)21(19,20)15-7-4-10-9(8-15)2-3-11(16)13-10/h9-10H,2-8H2,1H3,(H,13,16)(H,17,18). The van der Waals surface area contributed by atoms with Crippen LogP contribution in [0.15, 0.2) is 0 Å². The van der Waals surface area contributed by atoms with Crippen molar-refractivity contribution in [3.05, 3.63) is 0 Å². The summed E-state index contributed by atoms with van der Waals surface area (Å²) in [7, 11) is -2.24. The normalized spacial score (nSPS) is 27.2. The molecule has 0 bridgehead atoms. The van der Waals surface area contributed by atoms with Gasteiger partial charge in [-0.2, -0.15) is 17.0 Å². The molecule has 0 radical (unpaired) electrons. The molecule has 120 valence electrons. The number of hydrogen-bond acceptors (Lipinski definition) is 4. The monoisotopic (exact) mass is 319 g/mol. The molecule has 9 heteroatoms. The number of nitrogens with zero attached hydrogens (tertiary/aromatic N) is 2. The lowest BCUT2D eigenvalue weighted by Gasteiger charge is -2.41. The maximum Gasteiger partial charge on any atom is 0.304 e. The fourth-order valence-corrected chi connectivity index (χ4v) is 4.28. The lowest BCUT2D eigenvalue weighted by molar-refractivity contribution is -0.137. The molecule has 2 unspecified atom stereocenters. The van der Waals surface area contributed by atoms with E-state index in [0.717, 1.165) is 4.31 Å². The fourth-order valence-electron chi connectivity index (χ4n) is 2.85. The van der Waals surface area contributed by atoms with Gasteiger partial charge < -0.3 is 10.4 Å². The molecule has 1 amide bonds. The number of carboxylic acids is 1. The molecule has 0 aromatic rings. The molecule has 0 aromatic carbocycles. The van der Waals surface area contributed by atoms with E-state index >= 15 is 0 Å². The summed E-state index contributed by atoms with van der Waals surface area (Å²) in [6, 6.07) is 0.0574. The van der Waals surface area contributed by atoms with Crippen LogP contribution in [0.25, 0.3) is 0 Å². The van der Waals surface area contributed by atoms with Gasteiger partial charge in [-0.3, -0.25) is 9.59 Å². The third-order valence-electron chi connectivity index (χ3n) is 4.15. The van der Waals surface area contributed by atoms with Crippen LogP contribution in [0.2, 0.25) is 0 Å². The molecule has 0 spiro atoms. The molecule has 2 fully saturated rings. The average molecular weight is 319 g/mol. The van der Waals surface area contributed by atoms with Gasteiger partial charge >= 0.3 is 5.97 Å². The molecule has 0 saturated carbocycles. The van der Waals surface area contributed by atoms with Gasteiger partial charge in [0.15, 0.2) is 0 Å². The Bertz CT molecular complexity index is 521. The largest absolute Gasteiger partial charge is 0.481 e. The summed E-state index contributed by atoms with van der Waals surface area (Å²) in [5.41, 5.74) is 0. The molecule has 2 aliphatic heterocycles. The van der Waals surface area contributed by atoms with Crippen LogP contribution < -0.4 is 5.32 Å². The Morgan fingerprint density at radius 1 is 1.48 bits per heavy atom. The molecule has 0 aromatic heterocycles. The van der Waals surface area contributed by atoms with Gasteiger partial charge in [-0.1, -0.05) is 0 Å². The molecule has 2 aliphatic rings. The highest BCUT2D eigenvalue weighted by Gasteiger charge is 2.39. The fraction of sp³-hybridized carbons (Fsp3) is 0.833. The summed E-state index contributed by atoms with van der Waals surface area (Å²) < 4.78 is 27.3. The van der Waals surface area contributed by atoms with Crippen LogP contribution in [0.3, 0.4) is 0 Å². The third-order valence-corrected chi connectivity index (χ3v) is 6.10. The van der Waals surface area contributed by atoms with Gasteiger partial charge in [0, 0.05) is 39.1 Å². The van der Waals surface area contributed by atoms with E-state index in [2.05, 4.69) is 5.32 Å². The summed E-state index contributed by atoms with van der Waals surface area (Å²) in [5, 5.41) is 11.6. The van der Waals surface area contributed by atoms with Crippen molar-refractivity contribution in [2.45, 2.75) is 31.7 Å². The van der Waals surface area contributed by atoms with Crippen LogP contribution in [-0.4, -0.2) is 66.7 Å². The van der Waals surface area contributed by atoms with Crippen molar-refractivity contribution >= 4 is 22.1 Å². The predicted octanol–water partition coefficient (Wildman–Crippen LogP) is -0.762. The zero-order valence-corrected chi connectivity index (χ0v) is 12.8. The van der Waals surface area contributed by atoms with Gasteiger partial charge in [-0.25, -0.2) is 0 Å². The number of hydrogen-bond donors (Lipinski definition) is 2. The van der Waals surface area contributed by atoms with Crippen LogP contribution in [0, 0.1) is 5.92 Å². The number of piperidine rings is 2. The maximum absolute atomic E-state index is 12.4. The van der Waals surface area contributed by atoms with E-state index in [1.807, 2.05) is 0 Å². The van der Waals surface area contributed by atoms with Gasteiger partial charge in [-0.05, 0) is 18.8 Å². The lowest BCUT2D eigenvalue weighted by atomic mass is 9.86. The van der Waals surface area contributed by atoms with E-state index in [-0.39, 0.29) is 30.8 Å². The SMILES string of the molecule is CN(CCC(=O)O)S(=O)(=O)N1CCC2NC(=O)CCC2C1. The van der Waals surface area contributed by atoms with Crippen LogP contribution in [-0.2, 0) is 19.8 Å². The average Bonchev–Trinajstić information content (AvgIpc) is 2.43. The number of aliphatic carboxylic acids is 1. The summed E-state index contributed by atoms with van der Waals surface area (Å²) in [6.45, 7) is 0.685. The number of carbonyl (C=O) groups excluding carboxylic acids is 1. The van der Waals surface area contributed by atoms with Gasteiger partial charge in [0.1, 0.15) is 0 Å². The van der Waals surface area contributed by atoms with Gasteiger partial charge in [0.2, 0.25) is 5.91 Å². The third kappa shape index (κ3) is 3.72. The number of nitrogens with one attached hydrogen (secondary N) is 1. The van der Waals surface area contributed by atoms with E-state index in [1.54, 1.807) is 0 Å². The highest BCUT2D eigenvalue weighted by Crippen LogP contribution is 2.27. The molecule has 2 atom stereocenters. The van der Waals surface area contributed by atoms with Crippen molar-refractivity contribution in [2.75, 3.05) is 26.7 Å². The van der Waals surface area contributed by atoms with Gasteiger partial charge in [0.25, 0.3) is 10.2 Å². The highest BCUT2D eigenvalue weighted by molar-refractivity contribution is 7.86. The van der Waals surface area contributed by atoms with Crippen LogP contribution in [0.5, 0.6) is 0 Å². The Balaban J connectivity index is 1.98. The smallest absolute Gasteiger partial charge is 0.304 e. The van der Waals surface area contributed by atoms with Crippen LogP contribution >= 0.6 is 0 Å². The molecule has 21 heavy (non-hydrogen) atoms. The van der Waals surface area contributed by atoms with Crippen molar-refractivity contribution in [1.82, 2.24) is 13.9 Å². The van der Waals surface area contributed by atoms with E-state index in [4.69, 9.17) is 5.11 Å². The molecular formula is C12H21N3O5S. The highest BCUT2D eigenvalue weighted by atomic mass is 32.2. The number of rotatable bonds is 5. The van der Waals surface area contributed by atoms with Crippen LogP contribution in [0.1, 0.15) is 25.7 Å². The van der Waals surface area contributed by atoms with Crippen molar-refractivity contribution in [3.8, 4) is 0 Å². The maximum atomic E-state index is 12.4. The predicted molar refractivity (Wildman–Crippen MR) is 74.6 cm³/mol. The second-order valence-corrected chi connectivity index (χ2v) is 7.63. The molecule has 2 heterocycles. The first-order chi connectivity index (χ1) is 9.80. The summed E-state index contributed by atoms with van der Waals surface area (Å²) in [5.74, 6) is -0.851. The van der Waals surface area contributed by atoms with Gasteiger partial charge in [0.05, 0.1) is 6.42 Å². The van der Waals surface area contributed by atoms with E-state index < -0.39 is 16.2 Å². The summed E-state index contributed by atoms with van der Waals surface area (Å²) in [6.07, 6.45) is 1.51. The molecule has 2 saturated heterocycles. The van der Waals surface area contributed by atoms with Crippen molar-refractivity contribution in [2.24, 2.45) is 5.92 Å². The van der Waals surface area contributed by atoms with Gasteiger partial charge in [-0.15, -0.1) is 0 Å². The second kappa shape index (κ2) is 6.29. The Hall–Kier alpha value is -1.19. The first-order valence-corrected chi connectivity index (χ1v) is 8.43. The van der Waals surface area contributed by atoms with E-state index in [9.17, 15) is 18.0 Å². The first kappa shape index (κ1) is 16.2. The second-order valence-electron chi connectivity index (χ2n) is 5.59. The Kier molecular flexibility index (Phi) is 4.84. The summed E-state index contributed by atoms with van der Waals surface area (Å²) in [4.78, 5) is 21.9. The zero-order chi connectivity index (χ0) is 15.6. The number of fused-ring (bicyclic) bond motifs is 1. The topological polar surface area (TPSA) is 107 Å². The number of carboxylic acid groups (broad SMARTS) is 1. The minimum absolute atomic E-state index is 0.0335. The minimum Gasteiger partial charge on any atom is -0.481 e. The quantitative estimate of drug-likeness (QED) is 0.692. The molecule has 2 N–H and O–H groups in total. The Morgan fingerprint density at radius 3 is 2.86 bits per heavy atom. The lowest BCUT2D eigenvalue weighted by Crippen LogP contribution is -2.56. The molecule has 0 aliphatic carbocycles. The van der Waals surface area contributed by atoms with E-state index in [0.29, 0.717) is 32.4 Å².